The van der Waals surface area contributed by atoms with Gasteiger partial charge in [0.25, 0.3) is 11.8 Å². The van der Waals surface area contributed by atoms with E-state index in [1.807, 2.05) is 12.1 Å². The lowest BCUT2D eigenvalue weighted by Gasteiger charge is -2.27. The van der Waals surface area contributed by atoms with E-state index in [9.17, 15) is 9.59 Å². The average Bonchev–Trinajstić information content (AvgIpc) is 2.44. The molecule has 1 aromatic rings. The van der Waals surface area contributed by atoms with Gasteiger partial charge in [-0.05, 0) is 36.8 Å². The highest BCUT2D eigenvalue weighted by Gasteiger charge is 2.31. The summed E-state index contributed by atoms with van der Waals surface area (Å²) >= 11 is 4.94. The molecule has 1 aliphatic heterocycles. The molecule has 0 aromatic carbocycles. The van der Waals surface area contributed by atoms with Gasteiger partial charge in [0, 0.05) is 18.9 Å². The summed E-state index contributed by atoms with van der Waals surface area (Å²) in [5, 5.41) is 2.64. The number of hydrogen-bond donors (Lipinski definition) is 1. The summed E-state index contributed by atoms with van der Waals surface area (Å²) in [6.45, 7) is 2.21. The van der Waals surface area contributed by atoms with Crippen LogP contribution < -0.4 is 5.32 Å². The monoisotopic (exact) mass is 287 g/mol. The van der Waals surface area contributed by atoms with Gasteiger partial charge in [-0.25, -0.2) is 0 Å². The van der Waals surface area contributed by atoms with Crippen molar-refractivity contribution in [3.63, 3.8) is 0 Å². The zero-order valence-corrected chi connectivity index (χ0v) is 11.7. The summed E-state index contributed by atoms with van der Waals surface area (Å²) in [6, 6.07) is 3.68. The van der Waals surface area contributed by atoms with E-state index >= 15 is 0 Å². The van der Waals surface area contributed by atoms with E-state index in [4.69, 9.17) is 12.2 Å². The van der Waals surface area contributed by atoms with E-state index in [0.717, 1.165) is 5.56 Å². The van der Waals surface area contributed by atoms with Gasteiger partial charge >= 0.3 is 0 Å². The first kappa shape index (κ1) is 14.1. The van der Waals surface area contributed by atoms with E-state index in [-0.39, 0.29) is 16.6 Å². The minimum absolute atomic E-state index is 0.0700. The Labute approximate surface area is 122 Å². The van der Waals surface area contributed by atoms with Crippen LogP contribution >= 0.6 is 12.2 Å². The van der Waals surface area contributed by atoms with Crippen molar-refractivity contribution >= 4 is 35.2 Å². The third-order valence-electron chi connectivity index (χ3n) is 2.74. The van der Waals surface area contributed by atoms with Crippen LogP contribution in [-0.4, -0.2) is 33.4 Å². The minimum atomic E-state index is -0.472. The number of aromatic nitrogens is 1. The van der Waals surface area contributed by atoms with Crippen LogP contribution in [0.1, 0.15) is 12.5 Å². The third kappa shape index (κ3) is 2.97. The standard InChI is InChI=1S/C14H13N3O2S/c1-2-17-13(19)11(12(18)16-14(17)20)7-3-5-10-6-4-8-15-9-10/h3-9H,2H2,1H3,(H,16,18,20)/b5-3+,11-7+. The van der Waals surface area contributed by atoms with E-state index in [1.165, 1.54) is 11.0 Å². The van der Waals surface area contributed by atoms with E-state index in [2.05, 4.69) is 10.3 Å². The Morgan fingerprint density at radius 1 is 1.45 bits per heavy atom. The van der Waals surface area contributed by atoms with Crippen molar-refractivity contribution in [3.05, 3.63) is 47.8 Å². The molecule has 2 rings (SSSR count). The number of amides is 2. The summed E-state index contributed by atoms with van der Waals surface area (Å²) in [6.07, 6.45) is 8.25. The molecule has 0 bridgehead atoms. The third-order valence-corrected chi connectivity index (χ3v) is 3.06. The molecule has 6 heteroatoms. The number of likely N-dealkylation sites (N-methyl/N-ethyl adjacent to an activating group) is 1. The predicted molar refractivity (Wildman–Crippen MR) is 79.5 cm³/mol. The zero-order valence-electron chi connectivity index (χ0n) is 10.9. The smallest absolute Gasteiger partial charge is 0.265 e. The molecule has 2 amide bonds. The number of thiocarbonyl (C=S) groups is 1. The molecule has 20 heavy (non-hydrogen) atoms. The summed E-state index contributed by atoms with van der Waals surface area (Å²) in [7, 11) is 0. The fourth-order valence-electron chi connectivity index (χ4n) is 1.73. The first-order chi connectivity index (χ1) is 9.63. The summed E-state index contributed by atoms with van der Waals surface area (Å²) in [4.78, 5) is 29.2. The maximum Gasteiger partial charge on any atom is 0.265 e. The fourth-order valence-corrected chi connectivity index (χ4v) is 2.04. The Kier molecular flexibility index (Phi) is 4.37. The number of allylic oxidation sites excluding steroid dienone is 2. The maximum absolute atomic E-state index is 12.1. The first-order valence-electron chi connectivity index (χ1n) is 6.09. The average molecular weight is 287 g/mol. The van der Waals surface area contributed by atoms with Crippen LogP contribution in [0.3, 0.4) is 0 Å². The molecule has 0 radical (unpaired) electrons. The van der Waals surface area contributed by atoms with E-state index in [1.54, 1.807) is 31.5 Å². The quantitative estimate of drug-likeness (QED) is 0.517. The molecule has 2 heterocycles. The normalized spacial score (nSPS) is 17.9. The molecule has 0 saturated carbocycles. The van der Waals surface area contributed by atoms with Crippen molar-refractivity contribution in [2.45, 2.75) is 6.92 Å². The Morgan fingerprint density at radius 3 is 2.90 bits per heavy atom. The molecule has 0 unspecified atom stereocenters. The largest absolute Gasteiger partial charge is 0.298 e. The molecule has 0 aliphatic carbocycles. The van der Waals surface area contributed by atoms with E-state index < -0.39 is 5.91 Å². The zero-order chi connectivity index (χ0) is 14.5. The van der Waals surface area contributed by atoms with Crippen molar-refractivity contribution < 1.29 is 9.59 Å². The molecular formula is C14H13N3O2S. The van der Waals surface area contributed by atoms with Crippen LogP contribution in [0.5, 0.6) is 0 Å². The lowest BCUT2D eigenvalue weighted by molar-refractivity contribution is -0.128. The van der Waals surface area contributed by atoms with Crippen molar-refractivity contribution in [2.75, 3.05) is 6.54 Å². The Balaban J connectivity index is 2.20. The summed E-state index contributed by atoms with van der Waals surface area (Å²) in [5.41, 5.74) is 0.955. The molecular weight excluding hydrogens is 274 g/mol. The number of carbonyl (C=O) groups excluding carboxylic acids is 2. The van der Waals surface area contributed by atoms with Crippen LogP contribution in [0.15, 0.2) is 42.3 Å². The number of hydrogen-bond acceptors (Lipinski definition) is 4. The van der Waals surface area contributed by atoms with Crippen LogP contribution in [0.4, 0.5) is 0 Å². The highest BCUT2D eigenvalue weighted by molar-refractivity contribution is 7.80. The van der Waals surface area contributed by atoms with Crippen molar-refractivity contribution in [2.24, 2.45) is 0 Å². The van der Waals surface area contributed by atoms with Crippen LogP contribution in [-0.2, 0) is 9.59 Å². The summed E-state index contributed by atoms with van der Waals surface area (Å²) in [5.74, 6) is -0.849. The predicted octanol–water partition coefficient (Wildman–Crippen LogP) is 1.28. The number of rotatable bonds is 3. The van der Waals surface area contributed by atoms with Gasteiger partial charge in [-0.1, -0.05) is 18.2 Å². The minimum Gasteiger partial charge on any atom is -0.298 e. The van der Waals surface area contributed by atoms with Crippen molar-refractivity contribution in [1.29, 1.82) is 0 Å². The molecule has 0 atom stereocenters. The van der Waals surface area contributed by atoms with Gasteiger partial charge in [0.05, 0.1) is 0 Å². The van der Waals surface area contributed by atoms with Gasteiger partial charge in [-0.2, -0.15) is 0 Å². The van der Waals surface area contributed by atoms with Gasteiger partial charge in [0.1, 0.15) is 5.57 Å². The maximum atomic E-state index is 12.1. The second-order valence-electron chi connectivity index (χ2n) is 4.03. The number of carbonyl (C=O) groups is 2. The second-order valence-corrected chi connectivity index (χ2v) is 4.42. The molecule has 1 N–H and O–H groups in total. The summed E-state index contributed by atoms with van der Waals surface area (Å²) < 4.78 is 0. The van der Waals surface area contributed by atoms with Crippen molar-refractivity contribution in [1.82, 2.24) is 15.2 Å². The van der Waals surface area contributed by atoms with Gasteiger partial charge in [-0.15, -0.1) is 0 Å². The topological polar surface area (TPSA) is 62.3 Å². The Bertz CT molecular complexity index is 608. The molecule has 102 valence electrons. The van der Waals surface area contributed by atoms with E-state index in [0.29, 0.717) is 6.54 Å². The van der Waals surface area contributed by atoms with Gasteiger partial charge in [-0.3, -0.25) is 24.8 Å². The highest BCUT2D eigenvalue weighted by atomic mass is 32.1. The van der Waals surface area contributed by atoms with Crippen molar-refractivity contribution in [3.8, 4) is 0 Å². The number of pyridine rings is 1. The van der Waals surface area contributed by atoms with Crippen LogP contribution in [0, 0.1) is 0 Å². The van der Waals surface area contributed by atoms with Gasteiger partial charge < -0.3 is 0 Å². The Morgan fingerprint density at radius 2 is 2.25 bits per heavy atom. The molecule has 1 aromatic heterocycles. The molecule has 5 nitrogen and oxygen atoms in total. The molecule has 0 spiro atoms. The molecule has 1 saturated heterocycles. The first-order valence-corrected chi connectivity index (χ1v) is 6.50. The molecule has 1 fully saturated rings. The second kappa shape index (κ2) is 6.21. The number of nitrogens with zero attached hydrogens (tertiary/aromatic N) is 2. The Hall–Kier alpha value is -2.34. The molecule has 1 aliphatic rings. The van der Waals surface area contributed by atoms with Crippen LogP contribution in [0.2, 0.25) is 0 Å². The SMILES string of the molecule is CCN1C(=O)/C(=C/C=C/c2cccnc2)C(=O)NC1=S. The lowest BCUT2D eigenvalue weighted by Crippen LogP contribution is -2.53. The highest BCUT2D eigenvalue weighted by Crippen LogP contribution is 2.10. The van der Waals surface area contributed by atoms with Crippen LogP contribution in [0.25, 0.3) is 6.08 Å². The van der Waals surface area contributed by atoms with Gasteiger partial charge in [0.15, 0.2) is 5.11 Å². The fraction of sp³-hybridized carbons (Fsp3) is 0.143. The van der Waals surface area contributed by atoms with Gasteiger partial charge in [0.2, 0.25) is 0 Å². The number of nitrogens with one attached hydrogen (secondary N) is 1. The lowest BCUT2D eigenvalue weighted by atomic mass is 10.1.